The number of hydrogen-bond acceptors (Lipinski definition) is 5. The van der Waals surface area contributed by atoms with Crippen LogP contribution in [0.1, 0.15) is 61.7 Å². The average molecular weight is 426 g/mol. The number of likely N-dealkylation sites (tertiary alicyclic amines) is 1. The smallest absolute Gasteiger partial charge is 0.254 e. The summed E-state index contributed by atoms with van der Waals surface area (Å²) >= 11 is 0. The van der Waals surface area contributed by atoms with Crippen molar-refractivity contribution < 1.29 is 19.1 Å². The lowest BCUT2D eigenvalue weighted by molar-refractivity contribution is -0.142. The van der Waals surface area contributed by atoms with E-state index in [9.17, 15) is 14.4 Å². The molecule has 3 amide bonds. The van der Waals surface area contributed by atoms with Crippen molar-refractivity contribution in [2.75, 3.05) is 25.1 Å². The van der Waals surface area contributed by atoms with Crippen molar-refractivity contribution in [1.29, 1.82) is 0 Å². The molecule has 0 spiro atoms. The first-order valence-electron chi connectivity index (χ1n) is 11.6. The van der Waals surface area contributed by atoms with E-state index in [1.807, 2.05) is 17.0 Å². The number of benzene rings is 1. The second-order valence-electron chi connectivity index (χ2n) is 9.35. The van der Waals surface area contributed by atoms with E-state index < -0.39 is 0 Å². The van der Waals surface area contributed by atoms with Gasteiger partial charge in [-0.25, -0.2) is 0 Å². The fourth-order valence-corrected chi connectivity index (χ4v) is 6.01. The normalized spacial score (nSPS) is 29.2. The van der Waals surface area contributed by atoms with Crippen molar-refractivity contribution in [2.45, 2.75) is 75.6 Å². The van der Waals surface area contributed by atoms with Gasteiger partial charge in [-0.2, -0.15) is 0 Å². The standard InChI is InChI=1S/C24H31N3O4/c1-31-21-10-12-25(13-11-21)17-4-2-16(3-5-17)24(30)26-18-6-7-19(26)15-20(14-18)27-22(28)8-9-23(27)29/h2-5,18-21H,6-15H2,1H3. The maximum atomic E-state index is 13.3. The van der Waals surface area contributed by atoms with Crippen molar-refractivity contribution in [3.8, 4) is 0 Å². The SMILES string of the molecule is COC1CCN(c2ccc(C(=O)N3C4CCC3CC(N3C(=O)CCC3=O)C4)cc2)CC1. The molecule has 1 aromatic rings. The summed E-state index contributed by atoms with van der Waals surface area (Å²) in [5, 5.41) is 0. The van der Waals surface area contributed by atoms with Crippen LogP contribution in [0, 0.1) is 0 Å². The Balaban J connectivity index is 1.25. The van der Waals surface area contributed by atoms with Crippen LogP contribution in [0.25, 0.3) is 0 Å². The molecule has 1 aromatic carbocycles. The number of nitrogens with zero attached hydrogens (tertiary/aromatic N) is 3. The third-order valence-corrected chi connectivity index (χ3v) is 7.65. The highest BCUT2D eigenvalue weighted by molar-refractivity contribution is 6.02. The van der Waals surface area contributed by atoms with Crippen molar-refractivity contribution >= 4 is 23.4 Å². The van der Waals surface area contributed by atoms with Crippen molar-refractivity contribution in [3.05, 3.63) is 29.8 Å². The van der Waals surface area contributed by atoms with Crippen LogP contribution in [-0.4, -0.2) is 72.0 Å². The van der Waals surface area contributed by atoms with Gasteiger partial charge in [0.2, 0.25) is 11.8 Å². The molecule has 2 atom stereocenters. The Morgan fingerprint density at radius 1 is 0.871 bits per heavy atom. The topological polar surface area (TPSA) is 70.2 Å². The number of rotatable bonds is 4. The lowest BCUT2D eigenvalue weighted by Gasteiger charge is -2.41. The minimum Gasteiger partial charge on any atom is -0.381 e. The van der Waals surface area contributed by atoms with Gasteiger partial charge in [0.25, 0.3) is 5.91 Å². The molecular weight excluding hydrogens is 394 g/mol. The maximum absolute atomic E-state index is 13.3. The monoisotopic (exact) mass is 425 g/mol. The van der Waals surface area contributed by atoms with Crippen LogP contribution in [0.2, 0.25) is 0 Å². The zero-order chi connectivity index (χ0) is 21.5. The fraction of sp³-hybridized carbons (Fsp3) is 0.625. The minimum absolute atomic E-state index is 0.0403. The number of amides is 3. The van der Waals surface area contributed by atoms with Gasteiger partial charge in [-0.15, -0.1) is 0 Å². The average Bonchev–Trinajstić information content (AvgIpc) is 3.27. The molecule has 5 rings (SSSR count). The molecule has 166 valence electrons. The Labute approximate surface area is 183 Å². The Morgan fingerprint density at radius 3 is 2.00 bits per heavy atom. The van der Waals surface area contributed by atoms with E-state index in [0.29, 0.717) is 31.8 Å². The number of methoxy groups -OCH3 is 1. The predicted octanol–water partition coefficient (Wildman–Crippen LogP) is 2.59. The van der Waals surface area contributed by atoms with Crippen molar-refractivity contribution in [3.63, 3.8) is 0 Å². The van der Waals surface area contributed by atoms with Gasteiger partial charge in [0, 0.05) is 62.4 Å². The lowest BCUT2D eigenvalue weighted by atomic mass is 9.95. The van der Waals surface area contributed by atoms with E-state index in [4.69, 9.17) is 4.74 Å². The van der Waals surface area contributed by atoms with Crippen molar-refractivity contribution in [2.24, 2.45) is 0 Å². The van der Waals surface area contributed by atoms with Crippen molar-refractivity contribution in [1.82, 2.24) is 9.80 Å². The van der Waals surface area contributed by atoms with Gasteiger partial charge in [-0.05, 0) is 62.8 Å². The summed E-state index contributed by atoms with van der Waals surface area (Å²) in [7, 11) is 1.78. The number of hydrogen-bond donors (Lipinski definition) is 0. The van der Waals surface area contributed by atoms with Crippen LogP contribution in [0.5, 0.6) is 0 Å². The van der Waals surface area contributed by atoms with Gasteiger partial charge < -0.3 is 14.5 Å². The summed E-state index contributed by atoms with van der Waals surface area (Å²) in [6.07, 6.45) is 6.41. The Hall–Kier alpha value is -2.41. The molecule has 2 unspecified atom stereocenters. The van der Waals surface area contributed by atoms with Crippen LogP contribution in [0.3, 0.4) is 0 Å². The van der Waals surface area contributed by atoms with E-state index in [1.165, 1.54) is 4.90 Å². The molecule has 31 heavy (non-hydrogen) atoms. The number of carbonyl (C=O) groups excluding carboxylic acids is 3. The van der Waals surface area contributed by atoms with E-state index in [2.05, 4.69) is 17.0 Å². The molecule has 0 aromatic heterocycles. The van der Waals surface area contributed by atoms with E-state index in [0.717, 1.165) is 50.0 Å². The van der Waals surface area contributed by atoms with Gasteiger partial charge in [-0.3, -0.25) is 19.3 Å². The Morgan fingerprint density at radius 2 is 1.45 bits per heavy atom. The van der Waals surface area contributed by atoms with Crippen LogP contribution < -0.4 is 4.90 Å². The number of carbonyl (C=O) groups is 3. The first-order chi connectivity index (χ1) is 15.0. The highest BCUT2D eigenvalue weighted by atomic mass is 16.5. The quantitative estimate of drug-likeness (QED) is 0.694. The molecule has 4 aliphatic rings. The molecule has 2 bridgehead atoms. The number of anilines is 1. The molecule has 7 heteroatoms. The summed E-state index contributed by atoms with van der Waals surface area (Å²) < 4.78 is 5.45. The first kappa shape index (κ1) is 20.5. The van der Waals surface area contributed by atoms with Gasteiger partial charge in [0.1, 0.15) is 0 Å². The van der Waals surface area contributed by atoms with Gasteiger partial charge in [0.15, 0.2) is 0 Å². The number of piperidine rings is 2. The number of imide groups is 1. The van der Waals surface area contributed by atoms with Gasteiger partial charge in [-0.1, -0.05) is 0 Å². The third kappa shape index (κ3) is 3.73. The minimum atomic E-state index is -0.0423. The molecule has 0 N–H and O–H groups in total. The van der Waals surface area contributed by atoms with Crippen LogP contribution >= 0.6 is 0 Å². The molecule has 4 fully saturated rings. The van der Waals surface area contributed by atoms with Crippen LogP contribution in [0.15, 0.2) is 24.3 Å². The summed E-state index contributed by atoms with van der Waals surface area (Å²) in [6, 6.07) is 8.18. The van der Waals surface area contributed by atoms with Crippen LogP contribution in [0.4, 0.5) is 5.69 Å². The van der Waals surface area contributed by atoms with Gasteiger partial charge in [0.05, 0.1) is 6.10 Å². The first-order valence-corrected chi connectivity index (χ1v) is 11.6. The fourth-order valence-electron chi connectivity index (χ4n) is 6.01. The van der Waals surface area contributed by atoms with E-state index in [1.54, 1.807) is 7.11 Å². The van der Waals surface area contributed by atoms with Gasteiger partial charge >= 0.3 is 0 Å². The van der Waals surface area contributed by atoms with E-state index in [-0.39, 0.29) is 35.8 Å². The molecule has 0 aliphatic carbocycles. The Bertz CT molecular complexity index is 832. The molecule has 7 nitrogen and oxygen atoms in total. The predicted molar refractivity (Wildman–Crippen MR) is 116 cm³/mol. The molecule has 0 saturated carbocycles. The maximum Gasteiger partial charge on any atom is 0.254 e. The summed E-state index contributed by atoms with van der Waals surface area (Å²) in [5.74, 6) is -0.00624. The lowest BCUT2D eigenvalue weighted by Crippen LogP contribution is -2.53. The molecule has 4 saturated heterocycles. The highest BCUT2D eigenvalue weighted by Gasteiger charge is 2.47. The second kappa shape index (κ2) is 8.26. The number of fused-ring (bicyclic) bond motifs is 2. The highest BCUT2D eigenvalue weighted by Crippen LogP contribution is 2.40. The summed E-state index contributed by atoms with van der Waals surface area (Å²) in [5.41, 5.74) is 1.87. The zero-order valence-electron chi connectivity index (χ0n) is 18.2. The molecule has 4 aliphatic heterocycles. The van der Waals surface area contributed by atoms with Crippen LogP contribution in [-0.2, 0) is 14.3 Å². The largest absolute Gasteiger partial charge is 0.381 e. The third-order valence-electron chi connectivity index (χ3n) is 7.65. The summed E-state index contributed by atoms with van der Waals surface area (Å²) in [4.78, 5) is 43.5. The molecular formula is C24H31N3O4. The second-order valence-corrected chi connectivity index (χ2v) is 9.35. The summed E-state index contributed by atoms with van der Waals surface area (Å²) in [6.45, 7) is 1.94. The Kier molecular flexibility index (Phi) is 5.46. The molecule has 4 heterocycles. The number of ether oxygens (including phenoxy) is 1. The van der Waals surface area contributed by atoms with E-state index >= 15 is 0 Å². The molecule has 0 radical (unpaired) electrons. The zero-order valence-corrected chi connectivity index (χ0v) is 18.2.